The molecule has 0 aliphatic heterocycles. The predicted octanol–water partition coefficient (Wildman–Crippen LogP) is -1.17. The molecular formula is C11H5ClKN3S. The number of hydrogen-bond acceptors (Lipinski definition) is 4. The average molecular weight is 286 g/mol. The van der Waals surface area contributed by atoms with E-state index in [1.807, 2.05) is 0 Å². The molecule has 3 nitrogen and oxygen atoms in total. The molecule has 2 rings (SSSR count). The summed E-state index contributed by atoms with van der Waals surface area (Å²) in [5.74, 6) is 5.62. The molecule has 2 heterocycles. The Bertz CT molecular complexity index is 566. The maximum atomic E-state index is 5.95. The van der Waals surface area contributed by atoms with Gasteiger partial charge in [0.1, 0.15) is 11.4 Å². The molecule has 0 radical (unpaired) electrons. The zero-order chi connectivity index (χ0) is 11.4. The van der Waals surface area contributed by atoms with Crippen LogP contribution in [0.3, 0.4) is 0 Å². The van der Waals surface area contributed by atoms with Crippen molar-refractivity contribution in [3.63, 3.8) is 0 Å². The van der Waals surface area contributed by atoms with Crippen LogP contribution >= 0.6 is 11.6 Å². The molecule has 0 aromatic carbocycles. The minimum Gasteiger partial charge on any atom is -0.778 e. The van der Waals surface area contributed by atoms with Crippen LogP contribution in [0.5, 0.6) is 0 Å². The quantitative estimate of drug-likeness (QED) is 0.348. The fraction of sp³-hybridized carbons (Fsp3) is 0. The number of nitrogens with zero attached hydrogens (tertiary/aromatic N) is 3. The van der Waals surface area contributed by atoms with E-state index in [4.69, 9.17) is 24.2 Å². The van der Waals surface area contributed by atoms with Gasteiger partial charge in [0.2, 0.25) is 0 Å². The number of pyridine rings is 1. The molecule has 0 amide bonds. The summed E-state index contributed by atoms with van der Waals surface area (Å²) in [6.07, 6.45) is 6.30. The Morgan fingerprint density at radius 1 is 1.12 bits per heavy atom. The van der Waals surface area contributed by atoms with Crippen molar-refractivity contribution in [3.05, 3.63) is 47.3 Å². The van der Waals surface area contributed by atoms with E-state index in [0.29, 0.717) is 21.3 Å². The van der Waals surface area contributed by atoms with Crippen molar-refractivity contribution in [2.75, 3.05) is 0 Å². The Balaban J connectivity index is 0.00000144. The van der Waals surface area contributed by atoms with Crippen molar-refractivity contribution in [1.82, 2.24) is 15.0 Å². The zero-order valence-electron chi connectivity index (χ0n) is 9.01. The summed E-state index contributed by atoms with van der Waals surface area (Å²) in [6, 6.07) is 1.66. The van der Waals surface area contributed by atoms with Crippen LogP contribution in [0.1, 0.15) is 11.4 Å². The number of aromatic nitrogens is 3. The van der Waals surface area contributed by atoms with Gasteiger partial charge in [0, 0.05) is 18.6 Å². The third kappa shape index (κ3) is 4.27. The molecule has 0 aliphatic carbocycles. The monoisotopic (exact) mass is 285 g/mol. The van der Waals surface area contributed by atoms with Crippen LogP contribution in [0, 0.1) is 11.8 Å². The SMILES string of the molecule is [K+].[S-]c1ccnc(C#Cc2cnccn2)c1Cl. The molecular weight excluding hydrogens is 281 g/mol. The summed E-state index contributed by atoms with van der Waals surface area (Å²) in [6.45, 7) is 0. The summed E-state index contributed by atoms with van der Waals surface area (Å²) in [4.78, 5) is 12.5. The number of rotatable bonds is 0. The molecule has 0 fully saturated rings. The Kier molecular flexibility index (Phi) is 6.52. The van der Waals surface area contributed by atoms with E-state index in [-0.39, 0.29) is 51.4 Å². The van der Waals surface area contributed by atoms with E-state index in [2.05, 4.69) is 26.8 Å². The first kappa shape index (κ1) is 15.0. The molecule has 2 aromatic heterocycles. The molecule has 0 bridgehead atoms. The van der Waals surface area contributed by atoms with Gasteiger partial charge in [-0.25, -0.2) is 9.97 Å². The van der Waals surface area contributed by atoms with E-state index in [1.54, 1.807) is 30.9 Å². The molecule has 0 N–H and O–H groups in total. The van der Waals surface area contributed by atoms with Crippen LogP contribution in [0.15, 0.2) is 35.7 Å². The Morgan fingerprint density at radius 3 is 2.65 bits per heavy atom. The van der Waals surface area contributed by atoms with Crippen molar-refractivity contribution in [2.45, 2.75) is 4.90 Å². The summed E-state index contributed by atoms with van der Waals surface area (Å²) in [7, 11) is 0. The first-order valence-electron chi connectivity index (χ1n) is 4.37. The Labute approximate surface area is 152 Å². The summed E-state index contributed by atoms with van der Waals surface area (Å²) < 4.78 is 0. The Morgan fingerprint density at radius 2 is 1.94 bits per heavy atom. The van der Waals surface area contributed by atoms with Gasteiger partial charge in [-0.15, -0.1) is 0 Å². The topological polar surface area (TPSA) is 38.7 Å². The van der Waals surface area contributed by atoms with Gasteiger partial charge in [0.15, 0.2) is 0 Å². The fourth-order valence-electron chi connectivity index (χ4n) is 1.00. The van der Waals surface area contributed by atoms with E-state index in [9.17, 15) is 0 Å². The maximum Gasteiger partial charge on any atom is 1.00 e. The van der Waals surface area contributed by atoms with Crippen molar-refractivity contribution in [2.24, 2.45) is 0 Å². The summed E-state index contributed by atoms with van der Waals surface area (Å²) in [5.41, 5.74) is 1.02. The first-order chi connectivity index (χ1) is 7.77. The van der Waals surface area contributed by atoms with Crippen LogP contribution < -0.4 is 51.4 Å². The van der Waals surface area contributed by atoms with Crippen LogP contribution in [0.4, 0.5) is 0 Å². The van der Waals surface area contributed by atoms with Gasteiger partial charge in [0.25, 0.3) is 0 Å². The number of hydrogen-bond donors (Lipinski definition) is 0. The van der Waals surface area contributed by atoms with Gasteiger partial charge in [-0.3, -0.25) is 4.98 Å². The summed E-state index contributed by atoms with van der Waals surface area (Å²) >= 11 is 11.0. The van der Waals surface area contributed by atoms with Crippen LogP contribution in [-0.4, -0.2) is 15.0 Å². The standard InChI is InChI=1S/C11H6ClN3S.K/c12-11-9(15-4-3-10(11)16)2-1-8-7-13-5-6-14-8;/h3-7H,(H,15,16);/q;+1/p-1. The molecule has 2 aromatic rings. The molecule has 0 spiro atoms. The molecule has 0 aliphatic rings. The smallest absolute Gasteiger partial charge is 0.778 e. The van der Waals surface area contributed by atoms with Gasteiger partial charge in [-0.2, -0.15) is 4.90 Å². The van der Waals surface area contributed by atoms with E-state index >= 15 is 0 Å². The van der Waals surface area contributed by atoms with Crippen LogP contribution in [0.25, 0.3) is 0 Å². The van der Waals surface area contributed by atoms with Crippen LogP contribution in [-0.2, 0) is 12.6 Å². The molecule has 6 heteroatoms. The predicted molar refractivity (Wildman–Crippen MR) is 62.9 cm³/mol. The summed E-state index contributed by atoms with van der Waals surface area (Å²) in [5, 5.41) is 0.397. The van der Waals surface area contributed by atoms with Gasteiger partial charge in [0.05, 0.1) is 11.2 Å². The van der Waals surface area contributed by atoms with Gasteiger partial charge in [-0.05, 0) is 11.8 Å². The van der Waals surface area contributed by atoms with Crippen molar-refractivity contribution in [3.8, 4) is 11.8 Å². The van der Waals surface area contributed by atoms with Crippen molar-refractivity contribution < 1.29 is 51.4 Å². The van der Waals surface area contributed by atoms with Crippen molar-refractivity contribution in [1.29, 1.82) is 0 Å². The fourth-order valence-corrected chi connectivity index (χ4v) is 1.32. The number of halogens is 1. The van der Waals surface area contributed by atoms with Gasteiger partial charge in [-0.1, -0.05) is 17.7 Å². The minimum absolute atomic E-state index is 0. The molecule has 0 saturated carbocycles. The molecule has 17 heavy (non-hydrogen) atoms. The largest absolute Gasteiger partial charge is 1.00 e. The van der Waals surface area contributed by atoms with E-state index in [0.717, 1.165) is 0 Å². The minimum atomic E-state index is 0. The molecule has 0 saturated heterocycles. The maximum absolute atomic E-state index is 5.95. The van der Waals surface area contributed by atoms with E-state index < -0.39 is 0 Å². The molecule has 0 atom stereocenters. The average Bonchev–Trinajstić information content (AvgIpc) is 2.32. The molecule has 0 unspecified atom stereocenters. The molecule has 78 valence electrons. The van der Waals surface area contributed by atoms with Gasteiger partial charge < -0.3 is 12.6 Å². The third-order valence-electron chi connectivity index (χ3n) is 1.73. The van der Waals surface area contributed by atoms with Crippen molar-refractivity contribution >= 4 is 24.2 Å². The first-order valence-corrected chi connectivity index (χ1v) is 5.15. The van der Waals surface area contributed by atoms with E-state index in [1.165, 1.54) is 0 Å². The third-order valence-corrected chi connectivity index (χ3v) is 2.56. The Hall–Kier alpha value is -0.0636. The normalized spacial score (nSPS) is 8.76. The van der Waals surface area contributed by atoms with Crippen LogP contribution in [0.2, 0.25) is 5.02 Å². The second kappa shape index (κ2) is 7.39. The van der Waals surface area contributed by atoms with Gasteiger partial charge >= 0.3 is 51.4 Å². The zero-order valence-corrected chi connectivity index (χ0v) is 13.7. The second-order valence-electron chi connectivity index (χ2n) is 2.81. The second-order valence-corrected chi connectivity index (χ2v) is 3.63.